The van der Waals surface area contributed by atoms with Gasteiger partial charge >= 0.3 is 10.2 Å². The average molecular weight is 495 g/mol. The van der Waals surface area contributed by atoms with E-state index in [1.165, 1.54) is 40.0 Å². The summed E-state index contributed by atoms with van der Waals surface area (Å²) in [5.74, 6) is -0.808. The van der Waals surface area contributed by atoms with Crippen LogP contribution in [-0.2, 0) is 16.8 Å². The van der Waals surface area contributed by atoms with Crippen molar-refractivity contribution in [1.29, 1.82) is 0 Å². The van der Waals surface area contributed by atoms with Crippen LogP contribution in [0.4, 0.5) is 10.1 Å². The van der Waals surface area contributed by atoms with Crippen LogP contribution in [0.1, 0.15) is 35.2 Å². The number of piperazine rings is 1. The van der Waals surface area contributed by atoms with Crippen molar-refractivity contribution in [2.24, 2.45) is 5.73 Å². The van der Waals surface area contributed by atoms with Gasteiger partial charge in [-0.15, -0.1) is 0 Å². The van der Waals surface area contributed by atoms with Crippen molar-refractivity contribution in [2.45, 2.75) is 31.8 Å². The van der Waals surface area contributed by atoms with Crippen molar-refractivity contribution in [3.05, 3.63) is 64.4 Å². The van der Waals surface area contributed by atoms with Gasteiger partial charge in [-0.05, 0) is 36.6 Å². The molecule has 0 atom stereocenters. The zero-order chi connectivity index (χ0) is 23.6. The topological polar surface area (TPSA) is 86.9 Å². The number of halogens is 2. The number of ketones is 1. The lowest BCUT2D eigenvalue weighted by molar-refractivity contribution is 0.0888. The minimum absolute atomic E-state index is 0.0181. The van der Waals surface area contributed by atoms with Gasteiger partial charge in [0.25, 0.3) is 0 Å². The summed E-state index contributed by atoms with van der Waals surface area (Å²) in [7, 11) is -3.90. The highest BCUT2D eigenvalue weighted by Crippen LogP contribution is 2.30. The van der Waals surface area contributed by atoms with Crippen LogP contribution in [0.5, 0.6) is 0 Å². The molecule has 0 bridgehead atoms. The molecule has 33 heavy (non-hydrogen) atoms. The molecule has 2 fully saturated rings. The maximum Gasteiger partial charge on any atom is 0.304 e. The number of hydrogen-bond acceptors (Lipinski definition) is 5. The highest BCUT2D eigenvalue weighted by molar-refractivity contribution is 7.90. The number of Topliss-reactive ketones (excluding diaryl/α,β-unsaturated/α-hetero) is 1. The van der Waals surface area contributed by atoms with Gasteiger partial charge in [0.15, 0.2) is 5.78 Å². The maximum atomic E-state index is 13.8. The molecule has 0 radical (unpaired) electrons. The summed E-state index contributed by atoms with van der Waals surface area (Å²) in [6.45, 7) is 2.10. The van der Waals surface area contributed by atoms with Crippen LogP contribution < -0.4 is 10.0 Å². The number of nitrogens with zero attached hydrogens (tertiary/aromatic N) is 3. The molecule has 178 valence electrons. The second-order valence-electron chi connectivity index (χ2n) is 8.46. The quantitative estimate of drug-likeness (QED) is 0.570. The Bertz CT molecular complexity index is 1100. The third-order valence-electron chi connectivity index (χ3n) is 6.45. The van der Waals surface area contributed by atoms with E-state index in [0.717, 1.165) is 6.07 Å². The van der Waals surface area contributed by atoms with Gasteiger partial charge in [0.05, 0.1) is 23.8 Å². The van der Waals surface area contributed by atoms with Crippen LogP contribution in [0.2, 0.25) is 5.02 Å². The molecule has 7 nitrogen and oxygen atoms in total. The molecule has 1 aliphatic heterocycles. The molecule has 1 aliphatic carbocycles. The molecule has 2 N–H and O–H groups in total. The van der Waals surface area contributed by atoms with Crippen molar-refractivity contribution >= 4 is 33.3 Å². The molecule has 0 aromatic heterocycles. The normalized spacial score (nSPS) is 18.2. The number of nitrogens with two attached hydrogens (primary N) is 1. The number of carbonyl (C=O) groups is 1. The van der Waals surface area contributed by atoms with Crippen LogP contribution in [0, 0.1) is 5.82 Å². The Morgan fingerprint density at radius 3 is 2.30 bits per heavy atom. The van der Waals surface area contributed by atoms with E-state index in [1.54, 1.807) is 24.3 Å². The minimum atomic E-state index is -3.90. The van der Waals surface area contributed by atoms with Gasteiger partial charge in [-0.2, -0.15) is 12.7 Å². The Morgan fingerprint density at radius 2 is 1.76 bits per heavy atom. The van der Waals surface area contributed by atoms with Gasteiger partial charge in [-0.3, -0.25) is 14.0 Å². The van der Waals surface area contributed by atoms with E-state index < -0.39 is 16.0 Å². The number of anilines is 1. The molecule has 2 aliphatic rings. The predicted molar refractivity (Wildman–Crippen MR) is 127 cm³/mol. The zero-order valence-electron chi connectivity index (χ0n) is 18.3. The van der Waals surface area contributed by atoms with E-state index in [0.29, 0.717) is 43.3 Å². The summed E-state index contributed by atoms with van der Waals surface area (Å²) in [5, 5.41) is -0.147. The lowest BCUT2D eigenvalue weighted by Crippen LogP contribution is -2.56. The second-order valence-corrected chi connectivity index (χ2v) is 10.7. The summed E-state index contributed by atoms with van der Waals surface area (Å²) >= 11 is 5.98. The zero-order valence-corrected chi connectivity index (χ0v) is 19.9. The van der Waals surface area contributed by atoms with Crippen LogP contribution in [0.3, 0.4) is 0 Å². The number of benzene rings is 2. The van der Waals surface area contributed by atoms with Crippen LogP contribution in [-0.4, -0.2) is 62.2 Å². The molecular weight excluding hydrogens is 467 g/mol. The fourth-order valence-corrected chi connectivity index (χ4v) is 5.99. The molecule has 1 heterocycles. The number of carbonyl (C=O) groups excluding carboxylic acids is 1. The molecule has 4 rings (SSSR count). The third-order valence-corrected chi connectivity index (χ3v) is 8.65. The first-order chi connectivity index (χ1) is 15.8. The fourth-order valence-electron chi connectivity index (χ4n) is 4.22. The summed E-state index contributed by atoms with van der Waals surface area (Å²) in [5.41, 5.74) is 6.85. The highest BCUT2D eigenvalue weighted by Gasteiger charge is 2.35. The van der Waals surface area contributed by atoms with Gasteiger partial charge < -0.3 is 5.73 Å². The van der Waals surface area contributed by atoms with Crippen LogP contribution >= 0.6 is 11.6 Å². The Morgan fingerprint density at radius 1 is 1.09 bits per heavy atom. The van der Waals surface area contributed by atoms with E-state index in [4.69, 9.17) is 17.3 Å². The van der Waals surface area contributed by atoms with Crippen molar-refractivity contribution in [3.63, 3.8) is 0 Å². The first-order valence-corrected chi connectivity index (χ1v) is 12.9. The lowest BCUT2D eigenvalue weighted by atomic mass is 9.91. The Balaban J connectivity index is 1.59. The molecule has 0 spiro atoms. The fraction of sp³-hybridized carbons (Fsp3) is 0.435. The van der Waals surface area contributed by atoms with Crippen molar-refractivity contribution < 1.29 is 17.6 Å². The minimum Gasteiger partial charge on any atom is -0.324 e. The van der Waals surface area contributed by atoms with Crippen LogP contribution in [0.25, 0.3) is 0 Å². The lowest BCUT2D eigenvalue weighted by Gasteiger charge is -2.43. The molecule has 1 saturated carbocycles. The first-order valence-electron chi connectivity index (χ1n) is 11.1. The highest BCUT2D eigenvalue weighted by atomic mass is 35.5. The molecule has 1 saturated heterocycles. The largest absolute Gasteiger partial charge is 0.324 e. The molecule has 2 aromatic rings. The standard InChI is InChI=1S/C23H28ClFN4O3S/c24-21-14-20(8-9-22(21)25)29(16-17-4-6-18(7-5-17)23(30)15-26)33(31,32)28-12-10-27(11-13-28)19-2-1-3-19/h4-9,14,19H,1-3,10-13,15-16,26H2. The van der Waals surface area contributed by atoms with Gasteiger partial charge in [0, 0.05) is 37.8 Å². The van der Waals surface area contributed by atoms with Crippen molar-refractivity contribution in [1.82, 2.24) is 9.21 Å². The molecule has 10 heteroatoms. The Labute approximate surface area is 199 Å². The summed E-state index contributed by atoms with van der Waals surface area (Å²) in [6, 6.07) is 11.1. The van der Waals surface area contributed by atoms with Crippen molar-refractivity contribution in [3.8, 4) is 0 Å². The average Bonchev–Trinajstić information content (AvgIpc) is 2.78. The Kier molecular flexibility index (Phi) is 7.35. The number of rotatable bonds is 8. The van der Waals surface area contributed by atoms with Gasteiger partial charge in [0.2, 0.25) is 0 Å². The smallest absolute Gasteiger partial charge is 0.304 e. The molecule has 0 amide bonds. The molecule has 2 aromatic carbocycles. The van der Waals surface area contributed by atoms with E-state index in [9.17, 15) is 17.6 Å². The van der Waals surface area contributed by atoms with E-state index in [1.807, 2.05) is 0 Å². The Hall–Kier alpha value is -2.04. The van der Waals surface area contributed by atoms with Crippen molar-refractivity contribution in [2.75, 3.05) is 37.0 Å². The van der Waals surface area contributed by atoms with Gasteiger partial charge in [0.1, 0.15) is 5.82 Å². The number of hydrogen-bond donors (Lipinski definition) is 1. The maximum absolute atomic E-state index is 13.8. The van der Waals surface area contributed by atoms with E-state index in [2.05, 4.69) is 4.90 Å². The molecular formula is C23H28ClFN4O3S. The SMILES string of the molecule is NCC(=O)c1ccc(CN(c2ccc(F)c(Cl)c2)S(=O)(=O)N2CCN(C3CCC3)CC2)cc1. The second kappa shape index (κ2) is 10.1. The summed E-state index contributed by atoms with van der Waals surface area (Å²) in [6.07, 6.45) is 3.59. The van der Waals surface area contributed by atoms with E-state index in [-0.39, 0.29) is 29.6 Å². The van der Waals surface area contributed by atoms with E-state index >= 15 is 0 Å². The molecule has 0 unspecified atom stereocenters. The summed E-state index contributed by atoms with van der Waals surface area (Å²) in [4.78, 5) is 14.2. The van der Waals surface area contributed by atoms with Gasteiger partial charge in [-0.1, -0.05) is 42.3 Å². The van der Waals surface area contributed by atoms with Gasteiger partial charge in [-0.25, -0.2) is 4.39 Å². The third kappa shape index (κ3) is 5.22. The predicted octanol–water partition coefficient (Wildman–Crippen LogP) is 3.04. The first kappa shape index (κ1) is 24.1. The monoisotopic (exact) mass is 494 g/mol. The van der Waals surface area contributed by atoms with Crippen LogP contribution in [0.15, 0.2) is 42.5 Å². The summed E-state index contributed by atoms with van der Waals surface area (Å²) < 4.78 is 43.9.